The van der Waals surface area contributed by atoms with Gasteiger partial charge < -0.3 is 9.64 Å². The maximum atomic E-state index is 12.7. The molecule has 2 rings (SSSR count). The third-order valence-corrected chi connectivity index (χ3v) is 4.63. The van der Waals surface area contributed by atoms with E-state index in [1.165, 1.54) is 7.11 Å². The summed E-state index contributed by atoms with van der Waals surface area (Å²) in [6, 6.07) is 9.36. The fourth-order valence-corrected chi connectivity index (χ4v) is 3.39. The van der Waals surface area contributed by atoms with Crippen molar-refractivity contribution in [3.8, 4) is 0 Å². The van der Waals surface area contributed by atoms with Gasteiger partial charge in [0.05, 0.1) is 7.11 Å². The predicted octanol–water partition coefficient (Wildman–Crippen LogP) is 3.44. The van der Waals surface area contributed by atoms with Crippen molar-refractivity contribution < 1.29 is 14.3 Å². The monoisotopic (exact) mass is 315 g/mol. The molecule has 1 heterocycles. The number of carbonyl (C=O) groups excluding carboxylic acids is 2. The highest BCUT2D eigenvalue weighted by Crippen LogP contribution is 2.38. The number of esters is 1. The first-order valence-electron chi connectivity index (χ1n) is 8.12. The van der Waals surface area contributed by atoms with Crippen LogP contribution in [0.15, 0.2) is 43.0 Å². The Labute approximate surface area is 138 Å². The van der Waals surface area contributed by atoms with Crippen molar-refractivity contribution in [3.63, 3.8) is 0 Å². The Morgan fingerprint density at radius 2 is 2.09 bits per heavy atom. The van der Waals surface area contributed by atoms with E-state index in [1.54, 1.807) is 0 Å². The van der Waals surface area contributed by atoms with Gasteiger partial charge in [-0.05, 0) is 43.2 Å². The highest BCUT2D eigenvalue weighted by Gasteiger charge is 2.36. The second kappa shape index (κ2) is 7.95. The number of rotatable bonds is 6. The minimum Gasteiger partial charge on any atom is -0.469 e. The van der Waals surface area contributed by atoms with Gasteiger partial charge in [0.2, 0.25) is 0 Å². The highest BCUT2D eigenvalue weighted by molar-refractivity contribution is 5.94. The molecule has 4 heteroatoms. The van der Waals surface area contributed by atoms with Gasteiger partial charge in [0.15, 0.2) is 0 Å². The van der Waals surface area contributed by atoms with E-state index in [0.29, 0.717) is 13.0 Å². The Morgan fingerprint density at radius 1 is 1.35 bits per heavy atom. The molecular formula is C19H25NO3. The molecule has 0 spiro atoms. The second-order valence-electron chi connectivity index (χ2n) is 6.27. The van der Waals surface area contributed by atoms with Gasteiger partial charge in [-0.3, -0.25) is 9.59 Å². The molecule has 1 fully saturated rings. The quantitative estimate of drug-likeness (QED) is 0.597. The lowest BCUT2D eigenvalue weighted by Crippen LogP contribution is -2.46. The largest absolute Gasteiger partial charge is 0.469 e. The van der Waals surface area contributed by atoms with Gasteiger partial charge in [0.25, 0.3) is 5.91 Å². The van der Waals surface area contributed by atoms with E-state index in [2.05, 4.69) is 6.58 Å². The average molecular weight is 315 g/mol. The van der Waals surface area contributed by atoms with Crippen molar-refractivity contribution in [1.29, 1.82) is 0 Å². The molecule has 1 atom stereocenters. The molecule has 0 unspecified atom stereocenters. The molecule has 1 amide bonds. The van der Waals surface area contributed by atoms with Crippen LogP contribution in [0.1, 0.15) is 42.5 Å². The predicted molar refractivity (Wildman–Crippen MR) is 90.1 cm³/mol. The van der Waals surface area contributed by atoms with Crippen LogP contribution in [0, 0.1) is 5.41 Å². The first kappa shape index (κ1) is 17.3. The van der Waals surface area contributed by atoms with Crippen LogP contribution in [0.5, 0.6) is 0 Å². The van der Waals surface area contributed by atoms with E-state index in [4.69, 9.17) is 4.74 Å². The number of carbonyl (C=O) groups is 2. The summed E-state index contributed by atoms with van der Waals surface area (Å²) in [5.74, 6) is -0.128. The molecule has 124 valence electrons. The SMILES string of the molecule is C=CC[C@]1(CCC(=O)OC)CCCN(C(=O)c2ccccc2)C1. The van der Waals surface area contributed by atoms with Crippen LogP contribution in [0.3, 0.4) is 0 Å². The number of methoxy groups -OCH3 is 1. The number of hydrogen-bond donors (Lipinski definition) is 0. The molecule has 0 aliphatic carbocycles. The van der Waals surface area contributed by atoms with Crippen molar-refractivity contribution in [2.24, 2.45) is 5.41 Å². The summed E-state index contributed by atoms with van der Waals surface area (Å²) in [5, 5.41) is 0. The number of likely N-dealkylation sites (tertiary alicyclic amines) is 1. The molecule has 1 aliphatic heterocycles. The summed E-state index contributed by atoms with van der Waals surface area (Å²) >= 11 is 0. The van der Waals surface area contributed by atoms with Gasteiger partial charge in [0.1, 0.15) is 0 Å². The number of hydrogen-bond acceptors (Lipinski definition) is 3. The molecule has 0 aromatic heterocycles. The second-order valence-corrected chi connectivity index (χ2v) is 6.27. The smallest absolute Gasteiger partial charge is 0.305 e. The summed E-state index contributed by atoms with van der Waals surface area (Å²) in [5.41, 5.74) is 0.647. The molecule has 1 aliphatic rings. The van der Waals surface area contributed by atoms with Crippen LogP contribution in [0.25, 0.3) is 0 Å². The highest BCUT2D eigenvalue weighted by atomic mass is 16.5. The van der Waals surface area contributed by atoms with Gasteiger partial charge in [-0.2, -0.15) is 0 Å². The topological polar surface area (TPSA) is 46.6 Å². The van der Waals surface area contributed by atoms with Crippen molar-refractivity contribution >= 4 is 11.9 Å². The van der Waals surface area contributed by atoms with E-state index in [9.17, 15) is 9.59 Å². The lowest BCUT2D eigenvalue weighted by molar-refractivity contribution is -0.141. The first-order valence-corrected chi connectivity index (χ1v) is 8.12. The summed E-state index contributed by atoms with van der Waals surface area (Å²) in [6.07, 6.45) is 5.78. The zero-order valence-electron chi connectivity index (χ0n) is 13.8. The van der Waals surface area contributed by atoms with E-state index < -0.39 is 0 Å². The Hall–Kier alpha value is -2.10. The summed E-state index contributed by atoms with van der Waals surface area (Å²) < 4.78 is 4.76. The molecule has 1 saturated heterocycles. The van der Waals surface area contributed by atoms with Crippen molar-refractivity contribution in [1.82, 2.24) is 4.90 Å². The summed E-state index contributed by atoms with van der Waals surface area (Å²) in [4.78, 5) is 26.1. The van der Waals surface area contributed by atoms with Gasteiger partial charge in [0, 0.05) is 25.1 Å². The van der Waals surface area contributed by atoms with Crippen LogP contribution >= 0.6 is 0 Å². The van der Waals surface area contributed by atoms with Crippen molar-refractivity contribution in [2.75, 3.05) is 20.2 Å². The number of piperidine rings is 1. The lowest BCUT2D eigenvalue weighted by atomic mass is 9.73. The van der Waals surface area contributed by atoms with Crippen LogP contribution in [-0.2, 0) is 9.53 Å². The number of nitrogens with zero attached hydrogens (tertiary/aromatic N) is 1. The Kier molecular flexibility index (Phi) is 5.97. The molecule has 23 heavy (non-hydrogen) atoms. The molecular weight excluding hydrogens is 290 g/mol. The molecule has 1 aromatic rings. The molecule has 0 bridgehead atoms. The molecule has 0 N–H and O–H groups in total. The third-order valence-electron chi connectivity index (χ3n) is 4.63. The van der Waals surface area contributed by atoms with Crippen LogP contribution in [0.4, 0.5) is 0 Å². The normalized spacial score (nSPS) is 20.8. The zero-order valence-corrected chi connectivity index (χ0v) is 13.8. The number of benzene rings is 1. The Morgan fingerprint density at radius 3 is 2.74 bits per heavy atom. The minimum atomic E-state index is -0.194. The van der Waals surface area contributed by atoms with Crippen LogP contribution in [-0.4, -0.2) is 37.0 Å². The van der Waals surface area contributed by atoms with E-state index in [1.807, 2.05) is 41.3 Å². The average Bonchev–Trinajstić information content (AvgIpc) is 2.60. The molecule has 0 radical (unpaired) electrons. The standard InChI is InChI=1S/C19H25NO3/c1-3-11-19(13-10-17(21)23-2)12-7-14-20(15-19)18(22)16-8-5-4-6-9-16/h3-6,8-9H,1,7,10-15H2,2H3/t19-/m1/s1. The maximum Gasteiger partial charge on any atom is 0.305 e. The van der Waals surface area contributed by atoms with Gasteiger partial charge in [-0.25, -0.2) is 0 Å². The minimum absolute atomic E-state index is 0.0665. The van der Waals surface area contributed by atoms with E-state index in [0.717, 1.165) is 37.8 Å². The Bertz CT molecular complexity index is 555. The van der Waals surface area contributed by atoms with Crippen LogP contribution in [0.2, 0.25) is 0 Å². The number of ether oxygens (including phenoxy) is 1. The number of allylic oxidation sites excluding steroid dienone is 1. The van der Waals surface area contributed by atoms with Crippen molar-refractivity contribution in [2.45, 2.75) is 32.1 Å². The molecule has 1 aromatic carbocycles. The van der Waals surface area contributed by atoms with Gasteiger partial charge in [-0.15, -0.1) is 6.58 Å². The van der Waals surface area contributed by atoms with Gasteiger partial charge >= 0.3 is 5.97 Å². The zero-order chi connectivity index (χ0) is 16.7. The van der Waals surface area contributed by atoms with Crippen LogP contribution < -0.4 is 0 Å². The van der Waals surface area contributed by atoms with E-state index in [-0.39, 0.29) is 17.3 Å². The molecule has 4 nitrogen and oxygen atoms in total. The third kappa shape index (κ3) is 4.44. The molecule has 0 saturated carbocycles. The Balaban J connectivity index is 2.10. The lowest BCUT2D eigenvalue weighted by Gasteiger charge is -2.42. The fraction of sp³-hybridized carbons (Fsp3) is 0.474. The van der Waals surface area contributed by atoms with Gasteiger partial charge in [-0.1, -0.05) is 24.3 Å². The fourth-order valence-electron chi connectivity index (χ4n) is 3.39. The van der Waals surface area contributed by atoms with E-state index >= 15 is 0 Å². The maximum absolute atomic E-state index is 12.7. The first-order chi connectivity index (χ1) is 11.1. The van der Waals surface area contributed by atoms with Crippen molar-refractivity contribution in [3.05, 3.63) is 48.6 Å². The summed E-state index contributed by atoms with van der Waals surface area (Å²) in [6.45, 7) is 5.29. The number of amides is 1. The summed E-state index contributed by atoms with van der Waals surface area (Å²) in [7, 11) is 1.41.